The fourth-order valence-corrected chi connectivity index (χ4v) is 5.45. The van der Waals surface area contributed by atoms with E-state index in [1.807, 2.05) is 6.07 Å². The van der Waals surface area contributed by atoms with E-state index in [1.165, 1.54) is 17.7 Å². The van der Waals surface area contributed by atoms with Crippen LogP contribution in [0.25, 0.3) is 0 Å². The summed E-state index contributed by atoms with van der Waals surface area (Å²) < 4.78 is 13.3. The third-order valence-electron chi connectivity index (χ3n) is 5.76. The van der Waals surface area contributed by atoms with Crippen molar-refractivity contribution in [3.05, 3.63) is 64.5 Å². The largest absolute Gasteiger partial charge is 0.299 e. The smallest absolute Gasteiger partial charge is 0.148 e. The molecule has 0 amide bonds. The lowest BCUT2D eigenvalue weighted by atomic mass is 9.73. The zero-order valence-corrected chi connectivity index (χ0v) is 18.3. The number of hydrogen-bond donors (Lipinski definition) is 0. The maximum Gasteiger partial charge on any atom is 0.148 e. The van der Waals surface area contributed by atoms with E-state index in [0.29, 0.717) is 12.8 Å². The predicted molar refractivity (Wildman–Crippen MR) is 117 cm³/mol. The highest BCUT2D eigenvalue weighted by Crippen LogP contribution is 2.37. The number of thioether (sulfide) groups is 1. The van der Waals surface area contributed by atoms with E-state index in [2.05, 4.69) is 32.9 Å². The quantitative estimate of drug-likeness (QED) is 0.409. The molecule has 1 aliphatic rings. The van der Waals surface area contributed by atoms with Gasteiger partial charge < -0.3 is 0 Å². The van der Waals surface area contributed by atoms with Crippen LogP contribution in [-0.4, -0.2) is 17.3 Å². The SMILES string of the molecule is CCc1cc(C)cc(CC)c1C1C(=O)CC(CCSc2cccc(F)c2)CC1=O. The summed E-state index contributed by atoms with van der Waals surface area (Å²) in [5.41, 5.74) is 4.43. The van der Waals surface area contributed by atoms with E-state index in [-0.39, 0.29) is 23.3 Å². The molecule has 1 saturated carbocycles. The normalized spacial score (nSPS) is 19.6. The molecular formula is C25H29FO2S. The predicted octanol–water partition coefficient (Wildman–Crippen LogP) is 6.07. The second-order valence-electron chi connectivity index (χ2n) is 7.94. The van der Waals surface area contributed by atoms with Gasteiger partial charge in [-0.05, 0) is 72.7 Å². The van der Waals surface area contributed by atoms with Crippen LogP contribution in [-0.2, 0) is 22.4 Å². The van der Waals surface area contributed by atoms with Gasteiger partial charge in [-0.15, -0.1) is 11.8 Å². The molecule has 154 valence electrons. The lowest BCUT2D eigenvalue weighted by molar-refractivity contribution is -0.133. The van der Waals surface area contributed by atoms with Crippen molar-refractivity contribution >= 4 is 23.3 Å². The number of aryl methyl sites for hydroxylation is 3. The Bertz CT molecular complexity index is 862. The number of rotatable bonds is 7. The summed E-state index contributed by atoms with van der Waals surface area (Å²) in [4.78, 5) is 27.0. The zero-order valence-electron chi connectivity index (χ0n) is 17.5. The Morgan fingerprint density at radius 2 is 1.62 bits per heavy atom. The van der Waals surface area contributed by atoms with Crippen LogP contribution in [0.1, 0.15) is 61.3 Å². The number of ketones is 2. The standard InChI is InChI=1S/C25H29FO2S/c1-4-18-11-16(3)12-19(5-2)24(18)25-22(27)13-17(14-23(25)28)9-10-29-21-8-6-7-20(26)15-21/h6-8,11-12,15,17,25H,4-5,9-10,13-14H2,1-3H3. The van der Waals surface area contributed by atoms with E-state index >= 15 is 0 Å². The molecule has 0 saturated heterocycles. The van der Waals surface area contributed by atoms with Gasteiger partial charge in [-0.1, -0.05) is 37.6 Å². The Morgan fingerprint density at radius 3 is 2.17 bits per heavy atom. The minimum atomic E-state index is -0.590. The summed E-state index contributed by atoms with van der Waals surface area (Å²) >= 11 is 1.58. The summed E-state index contributed by atoms with van der Waals surface area (Å²) in [6, 6.07) is 10.8. The van der Waals surface area contributed by atoms with Crippen molar-refractivity contribution < 1.29 is 14.0 Å². The maximum atomic E-state index is 13.3. The summed E-state index contributed by atoms with van der Waals surface area (Å²) in [5.74, 6) is 0.174. The first kappa shape index (κ1) is 21.8. The van der Waals surface area contributed by atoms with Gasteiger partial charge in [0.05, 0.1) is 0 Å². The summed E-state index contributed by atoms with van der Waals surface area (Å²) in [7, 11) is 0. The number of carbonyl (C=O) groups excluding carboxylic acids is 2. The average Bonchev–Trinajstić information content (AvgIpc) is 2.68. The first-order valence-electron chi connectivity index (χ1n) is 10.5. The monoisotopic (exact) mass is 412 g/mol. The summed E-state index contributed by atoms with van der Waals surface area (Å²) in [6.45, 7) is 6.24. The fourth-order valence-electron chi connectivity index (χ4n) is 4.39. The van der Waals surface area contributed by atoms with Gasteiger partial charge in [-0.2, -0.15) is 0 Å². The molecule has 4 heteroatoms. The van der Waals surface area contributed by atoms with Crippen LogP contribution in [0.4, 0.5) is 4.39 Å². The number of benzene rings is 2. The molecule has 1 aliphatic carbocycles. The van der Waals surface area contributed by atoms with Crippen molar-refractivity contribution in [2.24, 2.45) is 5.92 Å². The van der Waals surface area contributed by atoms with Gasteiger partial charge in [0.15, 0.2) is 0 Å². The van der Waals surface area contributed by atoms with Gasteiger partial charge in [0.1, 0.15) is 23.3 Å². The highest BCUT2D eigenvalue weighted by atomic mass is 32.2. The second kappa shape index (κ2) is 9.71. The molecule has 0 atom stereocenters. The lowest BCUT2D eigenvalue weighted by Gasteiger charge is -2.29. The Kier molecular flexibility index (Phi) is 7.28. The van der Waals surface area contributed by atoms with Crippen LogP contribution < -0.4 is 0 Å². The molecule has 0 N–H and O–H groups in total. The maximum absolute atomic E-state index is 13.3. The van der Waals surface area contributed by atoms with E-state index in [4.69, 9.17) is 0 Å². The van der Waals surface area contributed by atoms with Crippen molar-refractivity contribution in [2.75, 3.05) is 5.75 Å². The number of carbonyl (C=O) groups is 2. The molecule has 29 heavy (non-hydrogen) atoms. The lowest BCUT2D eigenvalue weighted by Crippen LogP contribution is -2.33. The molecule has 3 rings (SSSR count). The minimum absolute atomic E-state index is 0.0651. The molecule has 0 spiro atoms. The molecule has 0 bridgehead atoms. The molecule has 0 radical (unpaired) electrons. The number of hydrogen-bond acceptors (Lipinski definition) is 3. The Hall–Kier alpha value is -1.94. The van der Waals surface area contributed by atoms with Crippen molar-refractivity contribution in [1.29, 1.82) is 0 Å². The van der Waals surface area contributed by atoms with Gasteiger partial charge in [-0.3, -0.25) is 9.59 Å². The molecule has 0 aliphatic heterocycles. The molecule has 0 unspecified atom stereocenters. The van der Waals surface area contributed by atoms with Crippen LogP contribution in [0, 0.1) is 18.7 Å². The topological polar surface area (TPSA) is 34.1 Å². The zero-order chi connectivity index (χ0) is 21.0. The van der Waals surface area contributed by atoms with Crippen LogP contribution in [0.5, 0.6) is 0 Å². The van der Waals surface area contributed by atoms with Crippen LogP contribution in [0.3, 0.4) is 0 Å². The molecular weight excluding hydrogens is 383 g/mol. The average molecular weight is 413 g/mol. The minimum Gasteiger partial charge on any atom is -0.299 e. The summed E-state index contributed by atoms with van der Waals surface area (Å²) in [6.07, 6.45) is 3.37. The van der Waals surface area contributed by atoms with Crippen molar-refractivity contribution in [3.63, 3.8) is 0 Å². The molecule has 2 nitrogen and oxygen atoms in total. The van der Waals surface area contributed by atoms with Crippen LogP contribution in [0.2, 0.25) is 0 Å². The third-order valence-corrected chi connectivity index (χ3v) is 6.79. The van der Waals surface area contributed by atoms with E-state index in [0.717, 1.165) is 46.6 Å². The number of Topliss-reactive ketones (excluding diaryl/α,β-unsaturated/α-hetero) is 2. The van der Waals surface area contributed by atoms with Gasteiger partial charge in [0.25, 0.3) is 0 Å². The van der Waals surface area contributed by atoms with E-state index in [9.17, 15) is 14.0 Å². The third kappa shape index (κ3) is 5.16. The Labute approximate surface area is 177 Å². The van der Waals surface area contributed by atoms with Gasteiger partial charge >= 0.3 is 0 Å². The van der Waals surface area contributed by atoms with Gasteiger partial charge in [-0.25, -0.2) is 4.39 Å². The molecule has 1 fully saturated rings. The Balaban J connectivity index is 1.69. The first-order valence-corrected chi connectivity index (χ1v) is 11.5. The van der Waals surface area contributed by atoms with E-state index < -0.39 is 5.92 Å². The van der Waals surface area contributed by atoms with E-state index in [1.54, 1.807) is 17.8 Å². The van der Waals surface area contributed by atoms with Crippen LogP contribution >= 0.6 is 11.8 Å². The highest BCUT2D eigenvalue weighted by Gasteiger charge is 2.38. The second-order valence-corrected chi connectivity index (χ2v) is 9.11. The number of halogens is 1. The van der Waals surface area contributed by atoms with Crippen molar-refractivity contribution in [3.8, 4) is 0 Å². The van der Waals surface area contributed by atoms with Gasteiger partial charge in [0, 0.05) is 17.7 Å². The molecule has 0 heterocycles. The fraction of sp³-hybridized carbons (Fsp3) is 0.440. The molecule has 0 aromatic heterocycles. The van der Waals surface area contributed by atoms with Crippen molar-refractivity contribution in [2.45, 2.75) is 63.7 Å². The Morgan fingerprint density at radius 1 is 1.00 bits per heavy atom. The highest BCUT2D eigenvalue weighted by molar-refractivity contribution is 7.99. The van der Waals surface area contributed by atoms with Crippen molar-refractivity contribution in [1.82, 2.24) is 0 Å². The first-order chi connectivity index (χ1) is 13.9. The molecule has 2 aromatic carbocycles. The van der Waals surface area contributed by atoms with Gasteiger partial charge in [0.2, 0.25) is 0 Å². The van der Waals surface area contributed by atoms with Crippen LogP contribution in [0.15, 0.2) is 41.3 Å². The summed E-state index contributed by atoms with van der Waals surface area (Å²) in [5, 5.41) is 0. The molecule has 2 aromatic rings.